The largest absolute Gasteiger partial charge is 0.295 e. The molecule has 1 fully saturated rings. The summed E-state index contributed by atoms with van der Waals surface area (Å²) in [6, 6.07) is 10.5. The summed E-state index contributed by atoms with van der Waals surface area (Å²) in [4.78, 5) is 11.6. The average molecular weight is 214 g/mol. The summed E-state index contributed by atoms with van der Waals surface area (Å²) >= 11 is 0. The van der Waals surface area contributed by atoms with E-state index in [-0.39, 0.29) is 0 Å². The summed E-state index contributed by atoms with van der Waals surface area (Å²) in [6.45, 7) is 2.11. The van der Waals surface area contributed by atoms with E-state index in [0.717, 1.165) is 37.7 Å². The molecule has 1 aromatic carbocycles. The average Bonchev–Trinajstić information content (AvgIpc) is 2.74. The normalized spacial score (nSPS) is 18.9. The third-order valence-electron chi connectivity index (χ3n) is 3.31. The van der Waals surface area contributed by atoms with Crippen LogP contribution >= 0.6 is 0 Å². The fourth-order valence-corrected chi connectivity index (χ4v) is 2.29. The number of carbonyl (C=O) groups is 1. The molecule has 0 spiro atoms. The second kappa shape index (κ2) is 5.11. The molecule has 0 saturated heterocycles. The van der Waals surface area contributed by atoms with Gasteiger partial charge < -0.3 is 0 Å². The Morgan fingerprint density at radius 3 is 2.56 bits per heavy atom. The van der Waals surface area contributed by atoms with Crippen molar-refractivity contribution in [2.24, 2.45) is 0 Å². The first-order valence-corrected chi connectivity index (χ1v) is 6.03. The summed E-state index contributed by atoms with van der Waals surface area (Å²) in [5.74, 6) is 0.380. The van der Waals surface area contributed by atoms with Crippen molar-refractivity contribution in [1.82, 2.24) is 0 Å². The minimum atomic E-state index is 0.380. The SMILES string of the molecule is C/C(CCc1ccccc1)=C1/CCCC1=O. The highest BCUT2D eigenvalue weighted by Gasteiger charge is 2.18. The molecule has 1 aromatic rings. The van der Waals surface area contributed by atoms with Crippen molar-refractivity contribution >= 4 is 5.78 Å². The smallest absolute Gasteiger partial charge is 0.158 e. The molecular weight excluding hydrogens is 196 g/mol. The Morgan fingerprint density at radius 2 is 1.94 bits per heavy atom. The number of aryl methyl sites for hydroxylation is 1. The van der Waals surface area contributed by atoms with E-state index in [4.69, 9.17) is 0 Å². The highest BCUT2D eigenvalue weighted by atomic mass is 16.1. The molecule has 0 bridgehead atoms. The van der Waals surface area contributed by atoms with E-state index in [1.807, 2.05) is 6.07 Å². The summed E-state index contributed by atoms with van der Waals surface area (Å²) in [6.07, 6.45) is 4.88. The molecule has 0 N–H and O–H groups in total. The Kier molecular flexibility index (Phi) is 3.55. The first-order valence-electron chi connectivity index (χ1n) is 6.03. The second-order valence-electron chi connectivity index (χ2n) is 4.52. The van der Waals surface area contributed by atoms with Crippen LogP contribution in [-0.4, -0.2) is 5.78 Å². The van der Waals surface area contributed by atoms with Gasteiger partial charge in [0.1, 0.15) is 0 Å². The van der Waals surface area contributed by atoms with E-state index in [1.165, 1.54) is 11.1 Å². The number of hydrogen-bond donors (Lipinski definition) is 0. The molecule has 1 heteroatoms. The predicted octanol–water partition coefficient (Wildman–Crippen LogP) is 3.69. The third-order valence-corrected chi connectivity index (χ3v) is 3.31. The van der Waals surface area contributed by atoms with Crippen molar-refractivity contribution in [1.29, 1.82) is 0 Å². The van der Waals surface area contributed by atoms with Gasteiger partial charge in [0.25, 0.3) is 0 Å². The lowest BCUT2D eigenvalue weighted by atomic mass is 10.00. The first kappa shape index (κ1) is 11.1. The Balaban J connectivity index is 1.98. The maximum Gasteiger partial charge on any atom is 0.158 e. The monoisotopic (exact) mass is 214 g/mol. The van der Waals surface area contributed by atoms with Crippen molar-refractivity contribution in [2.45, 2.75) is 39.0 Å². The number of allylic oxidation sites excluding steroid dienone is 2. The Morgan fingerprint density at radius 1 is 1.19 bits per heavy atom. The van der Waals surface area contributed by atoms with Gasteiger partial charge in [-0.1, -0.05) is 35.9 Å². The van der Waals surface area contributed by atoms with Crippen molar-refractivity contribution in [3.63, 3.8) is 0 Å². The zero-order chi connectivity index (χ0) is 11.4. The lowest BCUT2D eigenvalue weighted by molar-refractivity contribution is -0.114. The molecule has 2 rings (SSSR count). The van der Waals surface area contributed by atoms with Gasteiger partial charge in [-0.3, -0.25) is 4.79 Å². The molecule has 0 atom stereocenters. The highest BCUT2D eigenvalue weighted by Crippen LogP contribution is 2.25. The predicted molar refractivity (Wildman–Crippen MR) is 66.3 cm³/mol. The van der Waals surface area contributed by atoms with E-state index >= 15 is 0 Å². The van der Waals surface area contributed by atoms with Gasteiger partial charge in [0.05, 0.1) is 0 Å². The van der Waals surface area contributed by atoms with Gasteiger partial charge in [-0.05, 0) is 43.7 Å². The number of rotatable bonds is 3. The van der Waals surface area contributed by atoms with Crippen LogP contribution in [0.3, 0.4) is 0 Å². The Labute approximate surface area is 97.2 Å². The molecule has 84 valence electrons. The zero-order valence-corrected chi connectivity index (χ0v) is 9.83. The van der Waals surface area contributed by atoms with Crippen LogP contribution in [0.1, 0.15) is 38.2 Å². The maximum absolute atomic E-state index is 11.6. The molecule has 0 radical (unpaired) electrons. The highest BCUT2D eigenvalue weighted by molar-refractivity contribution is 5.97. The molecule has 0 amide bonds. The Hall–Kier alpha value is -1.37. The van der Waals surface area contributed by atoms with Gasteiger partial charge >= 0.3 is 0 Å². The maximum atomic E-state index is 11.6. The fourth-order valence-electron chi connectivity index (χ4n) is 2.29. The molecule has 1 saturated carbocycles. The number of ketones is 1. The lowest BCUT2D eigenvalue weighted by Crippen LogP contribution is -1.97. The molecule has 0 aromatic heterocycles. The summed E-state index contributed by atoms with van der Waals surface area (Å²) in [5.41, 5.74) is 3.76. The van der Waals surface area contributed by atoms with Crippen LogP contribution in [0.25, 0.3) is 0 Å². The minimum Gasteiger partial charge on any atom is -0.295 e. The zero-order valence-electron chi connectivity index (χ0n) is 9.83. The number of hydrogen-bond acceptors (Lipinski definition) is 1. The minimum absolute atomic E-state index is 0.380. The van der Waals surface area contributed by atoms with Gasteiger partial charge in [0, 0.05) is 6.42 Å². The summed E-state index contributed by atoms with van der Waals surface area (Å²) in [5, 5.41) is 0. The second-order valence-corrected chi connectivity index (χ2v) is 4.52. The quantitative estimate of drug-likeness (QED) is 0.701. The summed E-state index contributed by atoms with van der Waals surface area (Å²) in [7, 11) is 0. The molecule has 1 aliphatic rings. The fraction of sp³-hybridized carbons (Fsp3) is 0.400. The van der Waals surface area contributed by atoms with Crippen LogP contribution < -0.4 is 0 Å². The van der Waals surface area contributed by atoms with Crippen LogP contribution in [0.5, 0.6) is 0 Å². The van der Waals surface area contributed by atoms with Gasteiger partial charge in [-0.15, -0.1) is 0 Å². The van der Waals surface area contributed by atoms with Crippen LogP contribution in [0, 0.1) is 0 Å². The molecular formula is C15H18O. The van der Waals surface area contributed by atoms with Gasteiger partial charge in [-0.2, -0.15) is 0 Å². The van der Waals surface area contributed by atoms with E-state index in [0.29, 0.717) is 5.78 Å². The van der Waals surface area contributed by atoms with Crippen LogP contribution in [0.15, 0.2) is 41.5 Å². The molecule has 0 unspecified atom stereocenters. The van der Waals surface area contributed by atoms with Crippen LogP contribution in [-0.2, 0) is 11.2 Å². The van der Waals surface area contributed by atoms with Crippen molar-refractivity contribution in [2.75, 3.05) is 0 Å². The first-order chi connectivity index (χ1) is 7.77. The summed E-state index contributed by atoms with van der Waals surface area (Å²) < 4.78 is 0. The van der Waals surface area contributed by atoms with Crippen molar-refractivity contribution < 1.29 is 4.79 Å². The molecule has 0 aliphatic heterocycles. The number of Topliss-reactive ketones (excluding diaryl/α,β-unsaturated/α-hetero) is 1. The van der Waals surface area contributed by atoms with E-state index in [1.54, 1.807) is 0 Å². The van der Waals surface area contributed by atoms with E-state index in [2.05, 4.69) is 31.2 Å². The van der Waals surface area contributed by atoms with Gasteiger partial charge in [0.15, 0.2) is 5.78 Å². The standard InChI is InChI=1S/C15H18O/c1-12(14-8-5-9-15(14)16)10-11-13-6-3-2-4-7-13/h2-4,6-7H,5,8-11H2,1H3/b14-12+. The lowest BCUT2D eigenvalue weighted by Gasteiger charge is -2.05. The van der Waals surface area contributed by atoms with Crippen LogP contribution in [0.2, 0.25) is 0 Å². The molecule has 0 heterocycles. The molecule has 16 heavy (non-hydrogen) atoms. The van der Waals surface area contributed by atoms with Crippen molar-refractivity contribution in [3.05, 3.63) is 47.0 Å². The molecule has 1 aliphatic carbocycles. The third kappa shape index (κ3) is 2.60. The van der Waals surface area contributed by atoms with E-state index < -0.39 is 0 Å². The van der Waals surface area contributed by atoms with Crippen LogP contribution in [0.4, 0.5) is 0 Å². The number of carbonyl (C=O) groups excluding carboxylic acids is 1. The van der Waals surface area contributed by atoms with E-state index in [9.17, 15) is 4.79 Å². The van der Waals surface area contributed by atoms with Gasteiger partial charge in [0.2, 0.25) is 0 Å². The van der Waals surface area contributed by atoms with Crippen molar-refractivity contribution in [3.8, 4) is 0 Å². The number of benzene rings is 1. The molecule has 1 nitrogen and oxygen atoms in total. The Bertz CT molecular complexity index is 401. The topological polar surface area (TPSA) is 17.1 Å². The van der Waals surface area contributed by atoms with Gasteiger partial charge in [-0.25, -0.2) is 0 Å².